The van der Waals surface area contributed by atoms with Crippen LogP contribution >= 0.6 is 11.6 Å². The smallest absolute Gasteiger partial charge is 0.289 e. The van der Waals surface area contributed by atoms with Crippen LogP contribution < -0.4 is 0 Å². The van der Waals surface area contributed by atoms with E-state index in [4.69, 9.17) is 20.5 Å². The van der Waals surface area contributed by atoms with Crippen LogP contribution in [0, 0.1) is 5.92 Å². The third-order valence-corrected chi connectivity index (χ3v) is 6.47. The Hall–Kier alpha value is -2.54. The second kappa shape index (κ2) is 7.95. The molecule has 3 aromatic rings. The van der Waals surface area contributed by atoms with Crippen molar-refractivity contribution in [2.45, 2.75) is 51.5 Å². The molecule has 8 heteroatoms. The van der Waals surface area contributed by atoms with E-state index in [9.17, 15) is 4.79 Å². The fourth-order valence-corrected chi connectivity index (χ4v) is 4.75. The Balaban J connectivity index is 1.21. The van der Waals surface area contributed by atoms with Crippen molar-refractivity contribution in [3.05, 3.63) is 58.1 Å². The highest BCUT2D eigenvalue weighted by Gasteiger charge is 2.32. The van der Waals surface area contributed by atoms with Crippen molar-refractivity contribution in [1.82, 2.24) is 19.8 Å². The monoisotopic (exact) mass is 428 g/mol. The topological polar surface area (TPSA) is 77.3 Å². The summed E-state index contributed by atoms with van der Waals surface area (Å²) in [5.74, 6) is 3.06. The molecule has 1 fully saturated rings. The first-order valence-corrected chi connectivity index (χ1v) is 11.0. The van der Waals surface area contributed by atoms with Gasteiger partial charge >= 0.3 is 0 Å². The third kappa shape index (κ3) is 3.78. The average Bonchev–Trinajstić information content (AvgIpc) is 3.48. The van der Waals surface area contributed by atoms with Crippen molar-refractivity contribution in [2.75, 3.05) is 13.1 Å². The number of carbonyl (C=O) groups is 1. The summed E-state index contributed by atoms with van der Waals surface area (Å²) < 4.78 is 13.2. The molecule has 4 heterocycles. The van der Waals surface area contributed by atoms with E-state index in [1.165, 1.54) is 12.0 Å². The van der Waals surface area contributed by atoms with Crippen molar-refractivity contribution >= 4 is 17.5 Å². The van der Waals surface area contributed by atoms with Gasteiger partial charge in [0.15, 0.2) is 5.76 Å². The number of piperidine rings is 1. The van der Waals surface area contributed by atoms with Crippen molar-refractivity contribution in [1.29, 1.82) is 0 Å². The average molecular weight is 429 g/mol. The van der Waals surface area contributed by atoms with Crippen molar-refractivity contribution < 1.29 is 13.7 Å². The second-order valence-electron chi connectivity index (χ2n) is 8.51. The van der Waals surface area contributed by atoms with Gasteiger partial charge in [-0.15, -0.1) is 0 Å². The first-order valence-electron chi connectivity index (χ1n) is 10.6. The minimum Gasteiger partial charge on any atom is -0.454 e. The van der Waals surface area contributed by atoms with Gasteiger partial charge in [-0.3, -0.25) is 9.48 Å². The Morgan fingerprint density at radius 2 is 2.10 bits per heavy atom. The number of furan rings is 1. The standard InChI is InChI=1S/C22H25ClN4O3/c1-14-2-4-19-18(10-14)21(30-25-19)15-6-8-26(9-7-15)22(28)20-5-3-17(29-20)13-27-12-16(23)11-24-27/h3,5,11-12,14-15H,2,4,6-10,13H2,1H3. The molecule has 0 bridgehead atoms. The molecular weight excluding hydrogens is 404 g/mol. The summed E-state index contributed by atoms with van der Waals surface area (Å²) in [5, 5.41) is 9.03. The number of nitrogens with zero attached hydrogens (tertiary/aromatic N) is 4. The molecule has 0 N–H and O–H groups in total. The summed E-state index contributed by atoms with van der Waals surface area (Å²) in [4.78, 5) is 14.8. The number of carbonyl (C=O) groups excluding carboxylic acids is 1. The predicted molar refractivity (Wildman–Crippen MR) is 111 cm³/mol. The van der Waals surface area contributed by atoms with Gasteiger partial charge in [-0.05, 0) is 50.2 Å². The lowest BCUT2D eigenvalue weighted by molar-refractivity contribution is 0.0671. The zero-order valence-corrected chi connectivity index (χ0v) is 17.8. The molecule has 1 aliphatic heterocycles. The highest BCUT2D eigenvalue weighted by molar-refractivity contribution is 6.30. The minimum atomic E-state index is -0.0635. The van der Waals surface area contributed by atoms with E-state index < -0.39 is 0 Å². The number of amides is 1. The number of aryl methyl sites for hydroxylation is 1. The number of hydrogen-bond acceptors (Lipinski definition) is 5. The van der Waals surface area contributed by atoms with Gasteiger partial charge in [-0.2, -0.15) is 5.10 Å². The number of rotatable bonds is 4. The van der Waals surface area contributed by atoms with Crippen LogP contribution in [0.25, 0.3) is 0 Å². The molecule has 2 aliphatic rings. The lowest BCUT2D eigenvalue weighted by Gasteiger charge is -2.31. The first kappa shape index (κ1) is 19.4. The van der Waals surface area contributed by atoms with Crippen LogP contribution in [0.5, 0.6) is 0 Å². The van der Waals surface area contributed by atoms with E-state index >= 15 is 0 Å². The van der Waals surface area contributed by atoms with Crippen LogP contribution in [0.15, 0.2) is 33.5 Å². The van der Waals surface area contributed by atoms with Gasteiger partial charge in [-0.1, -0.05) is 23.7 Å². The summed E-state index contributed by atoms with van der Waals surface area (Å²) in [6.07, 6.45) is 8.34. The second-order valence-corrected chi connectivity index (χ2v) is 8.95. The molecule has 7 nitrogen and oxygen atoms in total. The van der Waals surface area contributed by atoms with Crippen LogP contribution in [-0.4, -0.2) is 38.8 Å². The number of aromatic nitrogens is 3. The van der Waals surface area contributed by atoms with E-state index in [0.29, 0.717) is 48.0 Å². The summed E-state index contributed by atoms with van der Waals surface area (Å²) in [6, 6.07) is 3.56. The van der Waals surface area contributed by atoms with E-state index in [0.717, 1.165) is 37.1 Å². The molecule has 1 amide bonds. The van der Waals surface area contributed by atoms with Crippen molar-refractivity contribution in [3.8, 4) is 0 Å². The Morgan fingerprint density at radius 1 is 1.27 bits per heavy atom. The van der Waals surface area contributed by atoms with E-state index in [-0.39, 0.29) is 5.91 Å². The van der Waals surface area contributed by atoms with E-state index in [1.807, 2.05) is 11.0 Å². The van der Waals surface area contributed by atoms with Crippen LogP contribution in [-0.2, 0) is 19.4 Å². The lowest BCUT2D eigenvalue weighted by atomic mass is 9.83. The van der Waals surface area contributed by atoms with Gasteiger partial charge in [0.2, 0.25) is 0 Å². The highest BCUT2D eigenvalue weighted by atomic mass is 35.5. The molecule has 1 atom stereocenters. The van der Waals surface area contributed by atoms with E-state index in [1.54, 1.807) is 23.1 Å². The zero-order valence-electron chi connectivity index (χ0n) is 17.0. The SMILES string of the molecule is CC1CCc2noc(C3CCN(C(=O)c4ccc(Cn5cc(Cl)cn5)o4)CC3)c2C1. The van der Waals surface area contributed by atoms with E-state index in [2.05, 4.69) is 17.2 Å². The third-order valence-electron chi connectivity index (χ3n) is 6.27. The molecular formula is C22H25ClN4O3. The Kier molecular flexibility index (Phi) is 5.15. The van der Waals surface area contributed by atoms with Gasteiger partial charge in [0.05, 0.1) is 23.5 Å². The molecule has 0 spiro atoms. The molecule has 1 saturated heterocycles. The summed E-state index contributed by atoms with van der Waals surface area (Å²) in [5.41, 5.74) is 2.47. The maximum absolute atomic E-state index is 12.9. The van der Waals surface area contributed by atoms with Crippen LogP contribution in [0.1, 0.15) is 65.4 Å². The molecule has 0 aromatic carbocycles. The number of halogens is 1. The lowest BCUT2D eigenvalue weighted by Crippen LogP contribution is -2.37. The summed E-state index contributed by atoms with van der Waals surface area (Å²) >= 11 is 5.89. The molecule has 1 unspecified atom stereocenters. The van der Waals surface area contributed by atoms with Crippen LogP contribution in [0.4, 0.5) is 0 Å². The molecule has 30 heavy (non-hydrogen) atoms. The first-order chi connectivity index (χ1) is 14.6. The molecule has 158 valence electrons. The highest BCUT2D eigenvalue weighted by Crippen LogP contribution is 2.36. The van der Waals surface area contributed by atoms with Crippen molar-refractivity contribution in [3.63, 3.8) is 0 Å². The number of likely N-dealkylation sites (tertiary alicyclic amines) is 1. The maximum atomic E-state index is 12.9. The predicted octanol–water partition coefficient (Wildman–Crippen LogP) is 4.31. The molecule has 1 aliphatic carbocycles. The Morgan fingerprint density at radius 3 is 2.87 bits per heavy atom. The fraction of sp³-hybridized carbons (Fsp3) is 0.500. The van der Waals surface area contributed by atoms with Gasteiger partial charge in [-0.25, -0.2) is 0 Å². The maximum Gasteiger partial charge on any atom is 0.289 e. The van der Waals surface area contributed by atoms with Gasteiger partial charge in [0.1, 0.15) is 11.5 Å². The van der Waals surface area contributed by atoms with Crippen LogP contribution in [0.2, 0.25) is 5.02 Å². The Labute approximate surface area is 180 Å². The largest absolute Gasteiger partial charge is 0.454 e. The molecule has 0 saturated carbocycles. The normalized spacial score (nSPS) is 19.8. The quantitative estimate of drug-likeness (QED) is 0.618. The zero-order chi connectivity index (χ0) is 20.7. The Bertz CT molecular complexity index is 1040. The molecule has 3 aromatic heterocycles. The van der Waals surface area contributed by atoms with Gasteiger partial charge in [0, 0.05) is 30.8 Å². The van der Waals surface area contributed by atoms with Gasteiger partial charge < -0.3 is 13.8 Å². The summed E-state index contributed by atoms with van der Waals surface area (Å²) in [6.45, 7) is 4.12. The summed E-state index contributed by atoms with van der Waals surface area (Å²) in [7, 11) is 0. The number of hydrogen-bond donors (Lipinski definition) is 0. The van der Waals surface area contributed by atoms with Crippen molar-refractivity contribution in [2.24, 2.45) is 5.92 Å². The van der Waals surface area contributed by atoms with Crippen LogP contribution in [0.3, 0.4) is 0 Å². The number of fused-ring (bicyclic) bond motifs is 1. The molecule has 0 radical (unpaired) electrons. The molecule has 5 rings (SSSR count). The fourth-order valence-electron chi connectivity index (χ4n) is 4.59. The minimum absolute atomic E-state index is 0.0635. The van der Waals surface area contributed by atoms with Gasteiger partial charge in [0.25, 0.3) is 5.91 Å².